The fourth-order valence-electron chi connectivity index (χ4n) is 3.71. The van der Waals surface area contributed by atoms with Gasteiger partial charge in [-0.1, -0.05) is 17.7 Å². The number of hydrogen-bond acceptors (Lipinski definition) is 9. The maximum atomic E-state index is 13.1. The summed E-state index contributed by atoms with van der Waals surface area (Å²) in [5.74, 6) is -0.344. The summed E-state index contributed by atoms with van der Waals surface area (Å²) >= 11 is 7.47. The van der Waals surface area contributed by atoms with Gasteiger partial charge in [-0.25, -0.2) is 13.0 Å². The van der Waals surface area contributed by atoms with Crippen LogP contribution in [0.15, 0.2) is 45.9 Å². The number of sulfonamides is 1. The van der Waals surface area contributed by atoms with Crippen LogP contribution in [0.4, 0.5) is 5.69 Å². The number of nitro benzene ring substituents is 1. The zero-order valence-electron chi connectivity index (χ0n) is 16.7. The fourth-order valence-corrected chi connectivity index (χ4v) is 6.78. The Morgan fingerprint density at radius 2 is 1.91 bits per heavy atom. The van der Waals surface area contributed by atoms with Crippen molar-refractivity contribution >= 4 is 65.7 Å². The van der Waals surface area contributed by atoms with Crippen LogP contribution < -0.4 is 0 Å². The van der Waals surface area contributed by atoms with Crippen molar-refractivity contribution in [1.29, 1.82) is 0 Å². The standard InChI is InChI=1S/C19H14ClN5O6S2/c20-16-12-5-4-11(25(27)28)10-14(12)32-18(16)19(26)23-6-8-24(9-7-23)33(29,30)15-3-1-2-13-17(15)22-31-21-13/h1-5,10H,6-9H2. The van der Waals surface area contributed by atoms with E-state index in [4.69, 9.17) is 11.6 Å². The minimum atomic E-state index is -3.87. The van der Waals surface area contributed by atoms with Crippen molar-refractivity contribution in [3.8, 4) is 0 Å². The molecule has 0 bridgehead atoms. The summed E-state index contributed by atoms with van der Waals surface area (Å²) in [6, 6.07) is 8.84. The number of piperazine rings is 1. The smallest absolute Gasteiger partial charge is 0.270 e. The number of benzene rings is 2. The SMILES string of the molecule is O=C(c1sc2cc([N+](=O)[O-])ccc2c1Cl)N1CCN(S(=O)(=O)c2cccc3nonc23)CC1. The highest BCUT2D eigenvalue weighted by molar-refractivity contribution is 7.89. The van der Waals surface area contributed by atoms with Gasteiger partial charge >= 0.3 is 0 Å². The van der Waals surface area contributed by atoms with Gasteiger partial charge in [-0.15, -0.1) is 11.3 Å². The third-order valence-electron chi connectivity index (χ3n) is 5.41. The van der Waals surface area contributed by atoms with Crippen molar-refractivity contribution in [2.24, 2.45) is 0 Å². The molecule has 2 aromatic heterocycles. The molecule has 3 heterocycles. The molecular weight excluding hydrogens is 494 g/mol. The predicted molar refractivity (Wildman–Crippen MR) is 120 cm³/mol. The second-order valence-electron chi connectivity index (χ2n) is 7.27. The monoisotopic (exact) mass is 507 g/mol. The third kappa shape index (κ3) is 3.62. The van der Waals surface area contributed by atoms with Crippen LogP contribution in [0, 0.1) is 10.1 Å². The Morgan fingerprint density at radius 3 is 2.64 bits per heavy atom. The summed E-state index contributed by atoms with van der Waals surface area (Å²) in [4.78, 5) is 25.4. The minimum Gasteiger partial charge on any atom is -0.335 e. The molecule has 14 heteroatoms. The van der Waals surface area contributed by atoms with Crippen LogP contribution in [0.3, 0.4) is 0 Å². The van der Waals surface area contributed by atoms with E-state index in [0.29, 0.717) is 15.6 Å². The Hall–Kier alpha value is -3.13. The molecule has 11 nitrogen and oxygen atoms in total. The molecule has 2 aromatic carbocycles. The largest absolute Gasteiger partial charge is 0.335 e. The number of halogens is 1. The number of nitrogens with zero attached hydrogens (tertiary/aromatic N) is 5. The molecule has 0 atom stereocenters. The minimum absolute atomic E-state index is 0.00447. The fraction of sp³-hybridized carbons (Fsp3) is 0.211. The van der Waals surface area contributed by atoms with Gasteiger partial charge in [0.05, 0.1) is 9.95 Å². The van der Waals surface area contributed by atoms with Crippen molar-refractivity contribution in [3.63, 3.8) is 0 Å². The molecule has 1 aliphatic heterocycles. The van der Waals surface area contributed by atoms with E-state index < -0.39 is 14.9 Å². The van der Waals surface area contributed by atoms with Gasteiger partial charge in [0.1, 0.15) is 15.3 Å². The number of fused-ring (bicyclic) bond motifs is 2. The number of non-ortho nitro benzene ring substituents is 1. The van der Waals surface area contributed by atoms with E-state index in [1.54, 1.807) is 12.1 Å². The van der Waals surface area contributed by atoms with Crippen molar-refractivity contribution in [1.82, 2.24) is 19.5 Å². The van der Waals surface area contributed by atoms with Crippen molar-refractivity contribution in [2.75, 3.05) is 26.2 Å². The van der Waals surface area contributed by atoms with Gasteiger partial charge in [0.15, 0.2) is 5.52 Å². The van der Waals surface area contributed by atoms with Crippen LogP contribution in [-0.4, -0.2) is 64.9 Å². The summed E-state index contributed by atoms with van der Waals surface area (Å²) in [6.45, 7) is 0.499. The zero-order valence-corrected chi connectivity index (χ0v) is 19.1. The van der Waals surface area contributed by atoms with Crippen LogP contribution in [0.1, 0.15) is 9.67 Å². The van der Waals surface area contributed by atoms with Gasteiger partial charge in [0, 0.05) is 48.4 Å². The van der Waals surface area contributed by atoms with E-state index in [1.807, 2.05) is 0 Å². The van der Waals surface area contributed by atoms with Crippen molar-refractivity contribution in [3.05, 3.63) is 56.4 Å². The molecule has 0 aliphatic carbocycles. The summed E-state index contributed by atoms with van der Waals surface area (Å²) < 4.78 is 32.8. The lowest BCUT2D eigenvalue weighted by Crippen LogP contribution is -2.50. The Bertz CT molecular complexity index is 1520. The third-order valence-corrected chi connectivity index (χ3v) is 8.99. The Kier molecular flexibility index (Phi) is 5.28. The van der Waals surface area contributed by atoms with E-state index in [-0.39, 0.29) is 58.1 Å². The first-order valence-corrected chi connectivity index (χ1v) is 12.3. The van der Waals surface area contributed by atoms with Crippen molar-refractivity contribution < 1.29 is 22.8 Å². The first-order valence-electron chi connectivity index (χ1n) is 9.64. The van der Waals surface area contributed by atoms with Gasteiger partial charge in [-0.2, -0.15) is 4.31 Å². The number of thiophene rings is 1. The normalized spacial score (nSPS) is 15.4. The Morgan fingerprint density at radius 1 is 1.15 bits per heavy atom. The Balaban J connectivity index is 1.36. The highest BCUT2D eigenvalue weighted by Gasteiger charge is 2.33. The molecule has 0 saturated carbocycles. The summed E-state index contributed by atoms with van der Waals surface area (Å²) in [5.41, 5.74) is 0.405. The Labute approximate surface area is 195 Å². The highest BCUT2D eigenvalue weighted by atomic mass is 35.5. The van der Waals surface area contributed by atoms with E-state index in [1.165, 1.54) is 33.5 Å². The number of aromatic nitrogens is 2. The van der Waals surface area contributed by atoms with E-state index in [9.17, 15) is 23.3 Å². The van der Waals surface area contributed by atoms with Crippen LogP contribution in [0.2, 0.25) is 5.02 Å². The molecule has 1 saturated heterocycles. The van der Waals surface area contributed by atoms with E-state index >= 15 is 0 Å². The molecule has 5 rings (SSSR count). The molecule has 1 amide bonds. The van der Waals surface area contributed by atoms with Crippen molar-refractivity contribution in [2.45, 2.75) is 4.90 Å². The quantitative estimate of drug-likeness (QED) is 0.303. The number of carbonyl (C=O) groups excluding carboxylic acids is 1. The van der Waals surface area contributed by atoms with Gasteiger partial charge < -0.3 is 4.90 Å². The molecule has 33 heavy (non-hydrogen) atoms. The lowest BCUT2D eigenvalue weighted by atomic mass is 10.2. The van der Waals surface area contributed by atoms with Gasteiger partial charge in [0.2, 0.25) is 10.0 Å². The summed E-state index contributed by atoms with van der Waals surface area (Å²) in [6.07, 6.45) is 0. The molecule has 1 fully saturated rings. The predicted octanol–water partition coefficient (Wildman–Crippen LogP) is 3.15. The average Bonchev–Trinajstić information content (AvgIpc) is 3.42. The molecule has 0 radical (unpaired) electrons. The van der Waals surface area contributed by atoms with E-state index in [2.05, 4.69) is 14.9 Å². The number of carbonyl (C=O) groups is 1. The maximum absolute atomic E-state index is 13.1. The van der Waals surface area contributed by atoms with Crippen LogP contribution in [0.5, 0.6) is 0 Å². The topological polar surface area (TPSA) is 140 Å². The second-order valence-corrected chi connectivity index (χ2v) is 10.6. The zero-order chi connectivity index (χ0) is 23.3. The molecular formula is C19H14ClN5O6S2. The summed E-state index contributed by atoms with van der Waals surface area (Å²) in [7, 11) is -3.87. The number of rotatable bonds is 4. The molecule has 0 unspecified atom stereocenters. The first kappa shape index (κ1) is 21.7. The van der Waals surface area contributed by atoms with Crippen LogP contribution >= 0.6 is 22.9 Å². The lowest BCUT2D eigenvalue weighted by molar-refractivity contribution is -0.384. The van der Waals surface area contributed by atoms with Crippen LogP contribution in [-0.2, 0) is 10.0 Å². The molecule has 1 aliphatic rings. The van der Waals surface area contributed by atoms with Gasteiger partial charge in [0.25, 0.3) is 11.6 Å². The average molecular weight is 508 g/mol. The van der Waals surface area contributed by atoms with Crippen LogP contribution in [0.25, 0.3) is 21.1 Å². The second kappa shape index (κ2) is 8.02. The number of nitro groups is 1. The lowest BCUT2D eigenvalue weighted by Gasteiger charge is -2.33. The van der Waals surface area contributed by atoms with Gasteiger partial charge in [-0.3, -0.25) is 14.9 Å². The maximum Gasteiger partial charge on any atom is 0.270 e. The summed E-state index contributed by atoms with van der Waals surface area (Å²) in [5, 5.41) is 19.2. The molecule has 0 N–H and O–H groups in total. The van der Waals surface area contributed by atoms with Gasteiger partial charge in [-0.05, 0) is 28.5 Å². The van der Waals surface area contributed by atoms with E-state index in [0.717, 1.165) is 11.3 Å². The highest BCUT2D eigenvalue weighted by Crippen LogP contribution is 2.38. The number of amides is 1. The number of hydrogen-bond donors (Lipinski definition) is 0. The molecule has 0 spiro atoms. The first-order chi connectivity index (χ1) is 15.8. The molecule has 4 aromatic rings. The molecule has 170 valence electrons.